The molecule has 3 aromatic rings. The summed E-state index contributed by atoms with van der Waals surface area (Å²) in [5, 5.41) is 17.3. The predicted molar refractivity (Wildman–Crippen MR) is 151 cm³/mol. The van der Waals surface area contributed by atoms with Crippen molar-refractivity contribution in [3.8, 4) is 0 Å². The first kappa shape index (κ1) is 26.2. The summed E-state index contributed by atoms with van der Waals surface area (Å²) in [7, 11) is 0. The van der Waals surface area contributed by atoms with E-state index in [-0.39, 0.29) is 22.3 Å². The number of nitro benzene ring substituents is 1. The molecule has 0 bridgehead atoms. The molecule has 1 aromatic heterocycles. The van der Waals surface area contributed by atoms with Gasteiger partial charge in [0.2, 0.25) is 0 Å². The molecular weight excluding hydrogens is 520 g/mol. The van der Waals surface area contributed by atoms with Crippen molar-refractivity contribution in [3.63, 3.8) is 0 Å². The third kappa shape index (κ3) is 6.01. The molecule has 0 spiro atoms. The van der Waals surface area contributed by atoms with E-state index in [9.17, 15) is 19.7 Å². The Morgan fingerprint density at radius 2 is 1.64 bits per heavy atom. The Morgan fingerprint density at radius 1 is 0.923 bits per heavy atom. The van der Waals surface area contributed by atoms with Crippen molar-refractivity contribution in [2.24, 2.45) is 0 Å². The molecule has 0 saturated carbocycles. The maximum absolute atomic E-state index is 12.7. The molecule has 11 nitrogen and oxygen atoms in total. The van der Waals surface area contributed by atoms with Crippen molar-refractivity contribution in [1.29, 1.82) is 0 Å². The topological polar surface area (TPSA) is 124 Å². The predicted octanol–water partition coefficient (Wildman–Crippen LogP) is 3.88. The van der Waals surface area contributed by atoms with Crippen LogP contribution in [0.4, 0.5) is 22.7 Å². The summed E-state index contributed by atoms with van der Waals surface area (Å²) in [4.78, 5) is 42.3. The first-order valence-corrected chi connectivity index (χ1v) is 13.1. The highest BCUT2D eigenvalue weighted by molar-refractivity contribution is 7.80. The van der Waals surface area contributed by atoms with Crippen molar-refractivity contribution < 1.29 is 18.9 Å². The highest BCUT2D eigenvalue weighted by Gasteiger charge is 2.25. The molecule has 2 saturated heterocycles. The first-order chi connectivity index (χ1) is 18.9. The number of rotatable bonds is 6. The number of thiocarbonyl (C=S) groups is 1. The molecule has 2 amide bonds. The van der Waals surface area contributed by atoms with E-state index in [0.717, 1.165) is 31.6 Å². The Kier molecular flexibility index (Phi) is 7.73. The van der Waals surface area contributed by atoms with E-state index in [1.54, 1.807) is 29.2 Å². The van der Waals surface area contributed by atoms with Crippen LogP contribution in [0.5, 0.6) is 0 Å². The first-order valence-electron chi connectivity index (χ1n) is 12.7. The maximum atomic E-state index is 12.7. The Balaban J connectivity index is 1.14. The molecule has 0 unspecified atom stereocenters. The van der Waals surface area contributed by atoms with Crippen molar-refractivity contribution >= 4 is 51.9 Å². The molecule has 2 aliphatic rings. The number of nitrogens with zero attached hydrogens (tertiary/aromatic N) is 4. The van der Waals surface area contributed by atoms with Crippen LogP contribution in [-0.4, -0.2) is 66.0 Å². The minimum absolute atomic E-state index is 0.0871. The Morgan fingerprint density at radius 3 is 2.28 bits per heavy atom. The van der Waals surface area contributed by atoms with E-state index in [1.165, 1.54) is 12.3 Å². The molecule has 2 N–H and O–H groups in total. The van der Waals surface area contributed by atoms with Crippen molar-refractivity contribution in [2.75, 3.05) is 54.4 Å². The standard InChI is InChI=1S/C27H28N6O5S/c34-25(19-5-10-22(23(18-19)33(36)37)31-11-1-2-12-31)29-27(39)28-20-6-8-21(9-7-20)30-13-15-32(16-14-30)26(35)24-4-3-17-38-24/h3-10,17-18H,1-2,11-16H2,(H2,28,29,34,39). The van der Waals surface area contributed by atoms with E-state index in [4.69, 9.17) is 16.6 Å². The second-order valence-corrected chi connectivity index (χ2v) is 9.77. The number of hydrogen-bond acceptors (Lipinski definition) is 8. The molecule has 202 valence electrons. The summed E-state index contributed by atoms with van der Waals surface area (Å²) in [5.41, 5.74) is 2.29. The van der Waals surface area contributed by atoms with Crippen molar-refractivity contribution in [2.45, 2.75) is 12.8 Å². The third-order valence-electron chi connectivity index (χ3n) is 6.90. The monoisotopic (exact) mass is 548 g/mol. The maximum Gasteiger partial charge on any atom is 0.293 e. The fourth-order valence-electron chi connectivity index (χ4n) is 4.85. The van der Waals surface area contributed by atoms with Crippen molar-refractivity contribution in [1.82, 2.24) is 10.2 Å². The average molecular weight is 549 g/mol. The number of carbonyl (C=O) groups is 2. The number of amides is 2. The number of piperazine rings is 1. The molecule has 0 atom stereocenters. The summed E-state index contributed by atoms with van der Waals surface area (Å²) >= 11 is 5.30. The smallest absolute Gasteiger partial charge is 0.293 e. The minimum Gasteiger partial charge on any atom is -0.459 e. The lowest BCUT2D eigenvalue weighted by Gasteiger charge is -2.35. The number of hydrogen-bond donors (Lipinski definition) is 2. The summed E-state index contributed by atoms with van der Waals surface area (Å²) in [6, 6.07) is 15.5. The van der Waals surface area contributed by atoms with Crippen LogP contribution >= 0.6 is 12.2 Å². The van der Waals surface area contributed by atoms with Crippen molar-refractivity contribution in [3.05, 3.63) is 82.3 Å². The second-order valence-electron chi connectivity index (χ2n) is 9.37. The van der Waals surface area contributed by atoms with Crippen LogP contribution in [0.15, 0.2) is 65.3 Å². The fourth-order valence-corrected chi connectivity index (χ4v) is 5.06. The zero-order valence-electron chi connectivity index (χ0n) is 21.2. The van der Waals surface area contributed by atoms with Gasteiger partial charge in [-0.3, -0.25) is 25.0 Å². The van der Waals surface area contributed by atoms with Crippen LogP contribution in [0.1, 0.15) is 33.8 Å². The summed E-state index contributed by atoms with van der Waals surface area (Å²) < 4.78 is 5.22. The van der Waals surface area contributed by atoms with Gasteiger partial charge in [-0.05, 0) is 73.6 Å². The number of nitrogens with one attached hydrogen (secondary N) is 2. The van der Waals surface area contributed by atoms with Gasteiger partial charge in [-0.25, -0.2) is 0 Å². The molecule has 5 rings (SSSR count). The molecule has 0 radical (unpaired) electrons. The highest BCUT2D eigenvalue weighted by Crippen LogP contribution is 2.31. The second kappa shape index (κ2) is 11.5. The van der Waals surface area contributed by atoms with Gasteiger partial charge < -0.3 is 24.4 Å². The van der Waals surface area contributed by atoms with Gasteiger partial charge in [0.15, 0.2) is 10.9 Å². The van der Waals surface area contributed by atoms with Gasteiger partial charge in [-0.1, -0.05) is 0 Å². The summed E-state index contributed by atoms with van der Waals surface area (Å²) in [5.74, 6) is -0.284. The lowest BCUT2D eigenvalue weighted by Crippen LogP contribution is -2.48. The van der Waals surface area contributed by atoms with E-state index in [1.807, 2.05) is 29.2 Å². The third-order valence-corrected chi connectivity index (χ3v) is 7.10. The van der Waals surface area contributed by atoms with Gasteiger partial charge >= 0.3 is 0 Å². The Bertz CT molecular complexity index is 1360. The molecule has 0 aliphatic carbocycles. The average Bonchev–Trinajstić information content (AvgIpc) is 3.68. The molecule has 2 aliphatic heterocycles. The number of nitro groups is 1. The Labute approximate surface area is 230 Å². The fraction of sp³-hybridized carbons (Fsp3) is 0.296. The zero-order chi connectivity index (χ0) is 27.4. The van der Waals surface area contributed by atoms with E-state index in [2.05, 4.69) is 15.5 Å². The summed E-state index contributed by atoms with van der Waals surface area (Å²) in [6.45, 7) is 4.09. The van der Waals surface area contributed by atoms with E-state index >= 15 is 0 Å². The number of furan rings is 1. The van der Waals surface area contributed by atoms with Gasteiger partial charge in [0.25, 0.3) is 17.5 Å². The van der Waals surface area contributed by atoms with Crippen LogP contribution in [-0.2, 0) is 0 Å². The lowest BCUT2D eigenvalue weighted by molar-refractivity contribution is -0.384. The van der Waals surface area contributed by atoms with Crippen LogP contribution in [0.3, 0.4) is 0 Å². The number of benzene rings is 2. The quantitative estimate of drug-likeness (QED) is 0.268. The van der Waals surface area contributed by atoms with Gasteiger partial charge in [0.1, 0.15) is 5.69 Å². The van der Waals surface area contributed by atoms with Crippen LogP contribution in [0.2, 0.25) is 0 Å². The van der Waals surface area contributed by atoms with Gasteiger partial charge in [0.05, 0.1) is 11.2 Å². The zero-order valence-corrected chi connectivity index (χ0v) is 22.0. The molecule has 39 heavy (non-hydrogen) atoms. The molecule has 3 heterocycles. The van der Waals surface area contributed by atoms with Crippen LogP contribution < -0.4 is 20.4 Å². The lowest BCUT2D eigenvalue weighted by atomic mass is 10.1. The van der Waals surface area contributed by atoms with Crippen LogP contribution in [0, 0.1) is 10.1 Å². The van der Waals surface area contributed by atoms with Crippen LogP contribution in [0.25, 0.3) is 0 Å². The minimum atomic E-state index is -0.526. The van der Waals surface area contributed by atoms with E-state index in [0.29, 0.717) is 43.3 Å². The van der Waals surface area contributed by atoms with Gasteiger partial charge in [0, 0.05) is 62.3 Å². The van der Waals surface area contributed by atoms with Gasteiger partial charge in [-0.15, -0.1) is 0 Å². The SMILES string of the molecule is O=C(NC(=S)Nc1ccc(N2CCN(C(=O)c3ccco3)CC2)cc1)c1ccc(N2CCCC2)c([N+](=O)[O-])c1. The molecule has 12 heteroatoms. The molecule has 2 aromatic carbocycles. The normalized spacial score (nSPS) is 15.2. The largest absolute Gasteiger partial charge is 0.459 e. The number of carbonyl (C=O) groups excluding carboxylic acids is 2. The summed E-state index contributed by atoms with van der Waals surface area (Å²) in [6.07, 6.45) is 3.48. The number of anilines is 3. The highest BCUT2D eigenvalue weighted by atomic mass is 32.1. The molecular formula is C27H28N6O5S. The van der Waals surface area contributed by atoms with Gasteiger partial charge in [-0.2, -0.15) is 0 Å². The van der Waals surface area contributed by atoms with E-state index < -0.39 is 10.8 Å². The molecule has 2 fully saturated rings. The Hall–Kier alpha value is -4.45.